The van der Waals surface area contributed by atoms with Gasteiger partial charge in [-0.05, 0) is 25.0 Å². The fourth-order valence-corrected chi connectivity index (χ4v) is 0.706. The summed E-state index contributed by atoms with van der Waals surface area (Å²) in [6, 6.07) is 0. The minimum Gasteiger partial charge on any atom is -0.399 e. The van der Waals surface area contributed by atoms with E-state index in [9.17, 15) is 0 Å². The van der Waals surface area contributed by atoms with Gasteiger partial charge >= 0.3 is 0 Å². The maximum absolute atomic E-state index is 5.42. The van der Waals surface area contributed by atoms with Crippen molar-refractivity contribution in [2.45, 2.75) is 13.8 Å². The summed E-state index contributed by atoms with van der Waals surface area (Å²) in [4.78, 5) is 0. The molecule has 0 fully saturated rings. The summed E-state index contributed by atoms with van der Waals surface area (Å²) in [7, 11) is 0. The van der Waals surface area contributed by atoms with Crippen LogP contribution in [0.3, 0.4) is 0 Å². The van der Waals surface area contributed by atoms with Crippen LogP contribution < -0.4 is 5.73 Å². The van der Waals surface area contributed by atoms with Gasteiger partial charge in [0.1, 0.15) is 0 Å². The first-order valence-corrected chi connectivity index (χ1v) is 2.86. The van der Waals surface area contributed by atoms with Crippen molar-refractivity contribution in [2.24, 2.45) is 5.73 Å². The van der Waals surface area contributed by atoms with Gasteiger partial charge < -0.3 is 5.73 Å². The first-order valence-electron chi connectivity index (χ1n) is 2.86. The van der Waals surface area contributed by atoms with Crippen molar-refractivity contribution in [3.8, 4) is 0 Å². The third kappa shape index (κ3) is 2.17. The molecule has 0 heterocycles. The lowest BCUT2D eigenvalue weighted by Crippen LogP contribution is -1.98. The average molecular weight is 123 g/mol. The molecule has 0 bridgehead atoms. The van der Waals surface area contributed by atoms with Crippen LogP contribution in [0.1, 0.15) is 13.8 Å². The number of hydrogen-bond acceptors (Lipinski definition) is 1. The molecule has 9 heavy (non-hydrogen) atoms. The van der Waals surface area contributed by atoms with E-state index >= 15 is 0 Å². The Morgan fingerprint density at radius 1 is 1.44 bits per heavy atom. The topological polar surface area (TPSA) is 26.0 Å². The molecule has 0 radical (unpaired) electrons. The molecule has 0 spiro atoms. The third-order valence-corrected chi connectivity index (χ3v) is 1.09. The van der Waals surface area contributed by atoms with E-state index in [1.165, 1.54) is 0 Å². The van der Waals surface area contributed by atoms with Crippen LogP contribution in [-0.2, 0) is 0 Å². The lowest BCUT2D eigenvalue weighted by Gasteiger charge is -2.02. The SMILES string of the molecule is C=C(C)/C(=C/C)C(=C)N. The summed E-state index contributed by atoms with van der Waals surface area (Å²) in [5.74, 6) is 0. The normalized spacial score (nSPS) is 11.1. The van der Waals surface area contributed by atoms with E-state index in [0.717, 1.165) is 11.1 Å². The Hall–Kier alpha value is -0.980. The second-order valence-corrected chi connectivity index (χ2v) is 2.01. The van der Waals surface area contributed by atoms with Gasteiger partial charge in [0.15, 0.2) is 0 Å². The zero-order chi connectivity index (χ0) is 7.44. The lowest BCUT2D eigenvalue weighted by molar-refractivity contribution is 1.29. The predicted octanol–water partition coefficient (Wildman–Crippen LogP) is 1.98. The maximum atomic E-state index is 5.42. The van der Waals surface area contributed by atoms with E-state index in [1.807, 2.05) is 19.9 Å². The largest absolute Gasteiger partial charge is 0.399 e. The van der Waals surface area contributed by atoms with Crippen molar-refractivity contribution in [1.82, 2.24) is 0 Å². The van der Waals surface area contributed by atoms with E-state index < -0.39 is 0 Å². The van der Waals surface area contributed by atoms with Gasteiger partial charge in [-0.2, -0.15) is 0 Å². The minimum atomic E-state index is 0.588. The van der Waals surface area contributed by atoms with E-state index in [2.05, 4.69) is 13.2 Å². The Labute approximate surface area is 56.6 Å². The van der Waals surface area contributed by atoms with Crippen molar-refractivity contribution in [1.29, 1.82) is 0 Å². The van der Waals surface area contributed by atoms with Crippen molar-refractivity contribution in [3.05, 3.63) is 36.1 Å². The molecule has 0 aliphatic rings. The molecule has 1 heteroatoms. The van der Waals surface area contributed by atoms with Gasteiger partial charge in [-0.15, -0.1) is 0 Å². The molecule has 0 saturated carbocycles. The van der Waals surface area contributed by atoms with Crippen molar-refractivity contribution < 1.29 is 0 Å². The van der Waals surface area contributed by atoms with Crippen LogP contribution in [0, 0.1) is 0 Å². The molecule has 0 aromatic carbocycles. The zero-order valence-corrected chi connectivity index (χ0v) is 6.07. The molecule has 0 aromatic heterocycles. The summed E-state index contributed by atoms with van der Waals surface area (Å²) >= 11 is 0. The van der Waals surface area contributed by atoms with E-state index in [1.54, 1.807) is 0 Å². The highest BCUT2D eigenvalue weighted by atomic mass is 14.6. The van der Waals surface area contributed by atoms with E-state index in [-0.39, 0.29) is 0 Å². The molecule has 1 nitrogen and oxygen atoms in total. The molecule has 0 saturated heterocycles. The number of allylic oxidation sites excluding steroid dienone is 2. The number of hydrogen-bond donors (Lipinski definition) is 1. The smallest absolute Gasteiger partial charge is 0.0313 e. The van der Waals surface area contributed by atoms with E-state index in [4.69, 9.17) is 5.73 Å². The summed E-state index contributed by atoms with van der Waals surface area (Å²) in [6.07, 6.45) is 1.91. The minimum absolute atomic E-state index is 0.588. The molecule has 0 rings (SSSR count). The van der Waals surface area contributed by atoms with Gasteiger partial charge in [0, 0.05) is 5.70 Å². The molecule has 0 atom stereocenters. The van der Waals surface area contributed by atoms with Crippen LogP contribution in [0.4, 0.5) is 0 Å². The van der Waals surface area contributed by atoms with Gasteiger partial charge in [0.2, 0.25) is 0 Å². The van der Waals surface area contributed by atoms with Gasteiger partial charge in [-0.25, -0.2) is 0 Å². The Kier molecular flexibility index (Phi) is 2.79. The van der Waals surface area contributed by atoms with Crippen molar-refractivity contribution in [2.75, 3.05) is 0 Å². The first kappa shape index (κ1) is 8.02. The molecular formula is C8H13N. The van der Waals surface area contributed by atoms with Crippen LogP contribution >= 0.6 is 0 Å². The zero-order valence-electron chi connectivity index (χ0n) is 6.07. The van der Waals surface area contributed by atoms with Gasteiger partial charge in [0.05, 0.1) is 0 Å². The molecule has 0 aliphatic carbocycles. The summed E-state index contributed by atoms with van der Waals surface area (Å²) in [5.41, 5.74) is 7.93. The standard InChI is InChI=1S/C8H13N/c1-5-8(6(2)3)7(4)9/h5H,2,4,9H2,1,3H3/b8-5-. The fraction of sp³-hybridized carbons (Fsp3) is 0.250. The van der Waals surface area contributed by atoms with Crippen molar-refractivity contribution in [3.63, 3.8) is 0 Å². The summed E-state index contributed by atoms with van der Waals surface area (Å²) < 4.78 is 0. The van der Waals surface area contributed by atoms with Gasteiger partial charge in [0.25, 0.3) is 0 Å². The first-order chi connectivity index (χ1) is 4.09. The maximum Gasteiger partial charge on any atom is 0.0313 e. The van der Waals surface area contributed by atoms with Crippen LogP contribution in [0.15, 0.2) is 36.1 Å². The number of nitrogens with two attached hydrogens (primary N) is 1. The summed E-state index contributed by atoms with van der Waals surface area (Å²) in [5, 5.41) is 0. The predicted molar refractivity (Wildman–Crippen MR) is 41.9 cm³/mol. The fourth-order valence-electron chi connectivity index (χ4n) is 0.706. The monoisotopic (exact) mass is 123 g/mol. The lowest BCUT2D eigenvalue weighted by atomic mass is 10.1. The molecular weight excluding hydrogens is 110 g/mol. The summed E-state index contributed by atoms with van der Waals surface area (Å²) in [6.45, 7) is 11.2. The second kappa shape index (κ2) is 3.13. The third-order valence-electron chi connectivity index (χ3n) is 1.09. The highest BCUT2D eigenvalue weighted by Gasteiger charge is 1.95. The molecule has 0 amide bonds. The van der Waals surface area contributed by atoms with Crippen LogP contribution in [0.5, 0.6) is 0 Å². The highest BCUT2D eigenvalue weighted by molar-refractivity contribution is 5.40. The molecule has 2 N–H and O–H groups in total. The Morgan fingerprint density at radius 3 is 1.89 bits per heavy atom. The highest BCUT2D eigenvalue weighted by Crippen LogP contribution is 2.10. The van der Waals surface area contributed by atoms with Crippen LogP contribution in [-0.4, -0.2) is 0 Å². The molecule has 0 aliphatic heterocycles. The van der Waals surface area contributed by atoms with Crippen molar-refractivity contribution >= 4 is 0 Å². The average Bonchev–Trinajstić information content (AvgIpc) is 1.64. The molecule has 0 unspecified atom stereocenters. The van der Waals surface area contributed by atoms with Gasteiger partial charge in [-0.1, -0.05) is 19.2 Å². The Balaban J connectivity index is 4.38. The van der Waals surface area contributed by atoms with Crippen LogP contribution in [0.25, 0.3) is 0 Å². The molecule has 0 aromatic rings. The second-order valence-electron chi connectivity index (χ2n) is 2.01. The van der Waals surface area contributed by atoms with Crippen LogP contribution in [0.2, 0.25) is 0 Å². The Bertz CT molecular complexity index is 147. The number of rotatable bonds is 2. The Morgan fingerprint density at radius 2 is 1.89 bits per heavy atom. The van der Waals surface area contributed by atoms with Gasteiger partial charge in [-0.3, -0.25) is 0 Å². The molecule has 50 valence electrons. The van der Waals surface area contributed by atoms with E-state index in [0.29, 0.717) is 5.70 Å². The quantitative estimate of drug-likeness (QED) is 0.558.